The van der Waals surface area contributed by atoms with E-state index in [4.69, 9.17) is 20.8 Å². The molecule has 2 aromatic heterocycles. The van der Waals surface area contributed by atoms with Gasteiger partial charge in [0.2, 0.25) is 0 Å². The number of anilines is 1. The Balaban J connectivity index is 1.38. The molecule has 11 heteroatoms. The molecule has 2 atom stereocenters. The number of aromatic nitrogens is 3. The van der Waals surface area contributed by atoms with E-state index < -0.39 is 11.6 Å². The van der Waals surface area contributed by atoms with Gasteiger partial charge in [-0.1, -0.05) is 28.9 Å². The number of H-pyrrole nitrogens is 1. The summed E-state index contributed by atoms with van der Waals surface area (Å²) in [7, 11) is 0. The van der Waals surface area contributed by atoms with Crippen LogP contribution in [0.5, 0.6) is 0 Å². The zero-order valence-electron chi connectivity index (χ0n) is 16.7. The molecule has 1 saturated heterocycles. The van der Waals surface area contributed by atoms with Gasteiger partial charge in [-0.3, -0.25) is 9.51 Å². The van der Waals surface area contributed by atoms with Gasteiger partial charge in [0, 0.05) is 25.6 Å². The number of hydrogen-bond donors (Lipinski definition) is 3. The second-order valence-electron chi connectivity index (χ2n) is 7.43. The van der Waals surface area contributed by atoms with Gasteiger partial charge in [0.15, 0.2) is 11.4 Å². The predicted molar refractivity (Wildman–Crippen MR) is 115 cm³/mol. The van der Waals surface area contributed by atoms with Crippen molar-refractivity contribution in [3.05, 3.63) is 63.4 Å². The van der Waals surface area contributed by atoms with Gasteiger partial charge in [-0.15, -0.1) is 0 Å². The van der Waals surface area contributed by atoms with E-state index in [0.29, 0.717) is 48.9 Å². The Morgan fingerprint density at radius 1 is 1.28 bits per heavy atom. The number of halogens is 2. The van der Waals surface area contributed by atoms with Crippen molar-refractivity contribution in [2.75, 3.05) is 31.6 Å². The van der Waals surface area contributed by atoms with E-state index >= 15 is 0 Å². The number of aromatic amines is 1. The average molecular weight is 460 g/mol. The largest absolute Gasteiger partial charge is 0.439 e. The van der Waals surface area contributed by atoms with Crippen LogP contribution in [0.1, 0.15) is 11.7 Å². The van der Waals surface area contributed by atoms with Gasteiger partial charge in [0.1, 0.15) is 11.3 Å². The Morgan fingerprint density at radius 2 is 2.19 bits per heavy atom. The first kappa shape index (κ1) is 20.7. The highest BCUT2D eigenvalue weighted by Crippen LogP contribution is 2.31. The summed E-state index contributed by atoms with van der Waals surface area (Å²) in [6.07, 6.45) is -0.329. The zero-order chi connectivity index (χ0) is 22.1. The van der Waals surface area contributed by atoms with E-state index in [2.05, 4.69) is 30.3 Å². The quantitative estimate of drug-likeness (QED) is 0.416. The molecular formula is C21H19ClFN5O4. The van der Waals surface area contributed by atoms with Crippen molar-refractivity contribution in [3.63, 3.8) is 0 Å². The SMILES string of the molecule is O=c1[nH]c(-c2cccc3oc(NC[C@@H]4CNCCO[C@H]4c4ccc(Cl)c(F)c4)nc23)no1. The molecule has 166 valence electrons. The molecule has 0 spiro atoms. The van der Waals surface area contributed by atoms with Gasteiger partial charge in [-0.2, -0.15) is 4.98 Å². The van der Waals surface area contributed by atoms with Gasteiger partial charge < -0.3 is 19.8 Å². The van der Waals surface area contributed by atoms with Crippen LogP contribution >= 0.6 is 11.6 Å². The van der Waals surface area contributed by atoms with Crippen LogP contribution in [0.25, 0.3) is 22.5 Å². The molecule has 0 amide bonds. The topological polar surface area (TPSA) is 118 Å². The van der Waals surface area contributed by atoms with Gasteiger partial charge >= 0.3 is 5.76 Å². The van der Waals surface area contributed by atoms with E-state index in [1.165, 1.54) is 12.1 Å². The number of rotatable bonds is 5. The Kier molecular flexibility index (Phi) is 5.64. The van der Waals surface area contributed by atoms with Crippen LogP contribution in [0.3, 0.4) is 0 Å². The molecule has 1 aliphatic rings. The van der Waals surface area contributed by atoms with Crippen LogP contribution in [-0.4, -0.2) is 41.4 Å². The molecule has 1 aliphatic heterocycles. The molecular weight excluding hydrogens is 441 g/mol. The number of benzene rings is 2. The predicted octanol–water partition coefficient (Wildman–Crippen LogP) is 3.35. The lowest BCUT2D eigenvalue weighted by Crippen LogP contribution is -2.30. The fourth-order valence-corrected chi connectivity index (χ4v) is 3.92. The van der Waals surface area contributed by atoms with Crippen molar-refractivity contribution < 1.29 is 18.1 Å². The van der Waals surface area contributed by atoms with Crippen molar-refractivity contribution >= 4 is 28.7 Å². The van der Waals surface area contributed by atoms with Crippen LogP contribution in [0.2, 0.25) is 5.02 Å². The first-order chi connectivity index (χ1) is 15.6. The lowest BCUT2D eigenvalue weighted by atomic mass is 9.95. The van der Waals surface area contributed by atoms with Crippen LogP contribution in [0, 0.1) is 11.7 Å². The first-order valence-corrected chi connectivity index (χ1v) is 10.4. The molecule has 32 heavy (non-hydrogen) atoms. The summed E-state index contributed by atoms with van der Waals surface area (Å²) in [5, 5.41) is 10.3. The van der Waals surface area contributed by atoms with E-state index in [0.717, 1.165) is 5.56 Å². The monoisotopic (exact) mass is 459 g/mol. The smallest absolute Gasteiger partial charge is 0.424 e. The third kappa shape index (κ3) is 4.12. The van der Waals surface area contributed by atoms with Gasteiger partial charge in [0.05, 0.1) is 23.3 Å². The maximum Gasteiger partial charge on any atom is 0.439 e. The molecule has 5 rings (SSSR count). The number of nitrogens with one attached hydrogen (secondary N) is 3. The average Bonchev–Trinajstić information content (AvgIpc) is 3.33. The lowest BCUT2D eigenvalue weighted by Gasteiger charge is -2.25. The van der Waals surface area contributed by atoms with Crippen molar-refractivity contribution in [1.29, 1.82) is 0 Å². The summed E-state index contributed by atoms with van der Waals surface area (Å²) in [5.41, 5.74) is 2.36. The molecule has 0 bridgehead atoms. The van der Waals surface area contributed by atoms with Gasteiger partial charge in [-0.05, 0) is 29.8 Å². The molecule has 1 fully saturated rings. The number of para-hydroxylation sites is 1. The lowest BCUT2D eigenvalue weighted by molar-refractivity contribution is 0.0341. The third-order valence-corrected chi connectivity index (χ3v) is 5.62. The summed E-state index contributed by atoms with van der Waals surface area (Å²) in [5.74, 6) is -0.885. The third-order valence-electron chi connectivity index (χ3n) is 5.31. The summed E-state index contributed by atoms with van der Waals surface area (Å²) >= 11 is 5.84. The Hall–Kier alpha value is -3.21. The maximum absolute atomic E-state index is 14.0. The second-order valence-corrected chi connectivity index (χ2v) is 7.83. The van der Waals surface area contributed by atoms with Crippen LogP contribution < -0.4 is 16.4 Å². The normalized spacial score (nSPS) is 19.2. The number of hydrogen-bond acceptors (Lipinski definition) is 8. The fraction of sp³-hybridized carbons (Fsp3) is 0.286. The van der Waals surface area contributed by atoms with E-state index in [1.807, 2.05) is 0 Å². The highest BCUT2D eigenvalue weighted by atomic mass is 35.5. The highest BCUT2D eigenvalue weighted by Gasteiger charge is 2.27. The molecule has 2 aromatic carbocycles. The fourth-order valence-electron chi connectivity index (χ4n) is 3.81. The minimum Gasteiger partial charge on any atom is -0.424 e. The highest BCUT2D eigenvalue weighted by molar-refractivity contribution is 6.30. The Labute approximate surface area is 185 Å². The molecule has 3 N–H and O–H groups in total. The zero-order valence-corrected chi connectivity index (χ0v) is 17.5. The number of fused-ring (bicyclic) bond motifs is 1. The molecule has 3 heterocycles. The summed E-state index contributed by atoms with van der Waals surface area (Å²) in [4.78, 5) is 18.3. The molecule has 0 aliphatic carbocycles. The molecule has 0 unspecified atom stereocenters. The number of oxazole rings is 1. The maximum atomic E-state index is 14.0. The molecule has 0 saturated carbocycles. The van der Waals surface area contributed by atoms with Crippen LogP contribution in [0.4, 0.5) is 10.4 Å². The molecule has 9 nitrogen and oxygen atoms in total. The number of nitrogens with zero attached hydrogens (tertiary/aromatic N) is 2. The summed E-state index contributed by atoms with van der Waals surface area (Å²) in [6.45, 7) is 2.33. The standard InChI is InChI=1S/C21H19ClFN5O4/c22-14-5-4-11(8-15(14)23)18-12(9-24-6-7-30-18)10-25-20-26-17-13(2-1-3-16(17)31-20)19-27-21(29)32-28-19/h1-5,8,12,18,24H,6-7,9-10H2,(H,25,26)(H,27,28,29)/t12-,18-/m0/s1. The van der Waals surface area contributed by atoms with E-state index in [9.17, 15) is 9.18 Å². The van der Waals surface area contributed by atoms with Gasteiger partial charge in [0.25, 0.3) is 6.01 Å². The van der Waals surface area contributed by atoms with Crippen LogP contribution in [0.15, 0.2) is 50.1 Å². The van der Waals surface area contributed by atoms with Crippen LogP contribution in [-0.2, 0) is 4.74 Å². The summed E-state index contributed by atoms with van der Waals surface area (Å²) in [6, 6.07) is 10.3. The van der Waals surface area contributed by atoms with Crippen molar-refractivity contribution in [2.24, 2.45) is 5.92 Å². The van der Waals surface area contributed by atoms with Crippen molar-refractivity contribution in [1.82, 2.24) is 20.4 Å². The minimum absolute atomic E-state index is 0.0283. The first-order valence-electron chi connectivity index (χ1n) is 10.1. The summed E-state index contributed by atoms with van der Waals surface area (Å²) < 4.78 is 30.5. The van der Waals surface area contributed by atoms with E-state index in [1.54, 1.807) is 24.3 Å². The molecule has 0 radical (unpaired) electrons. The van der Waals surface area contributed by atoms with Crippen molar-refractivity contribution in [2.45, 2.75) is 6.10 Å². The Morgan fingerprint density at radius 3 is 3.00 bits per heavy atom. The van der Waals surface area contributed by atoms with Crippen molar-refractivity contribution in [3.8, 4) is 11.4 Å². The van der Waals surface area contributed by atoms with E-state index in [-0.39, 0.29) is 22.9 Å². The number of ether oxygens (including phenoxy) is 1. The second kappa shape index (κ2) is 8.73. The van der Waals surface area contributed by atoms with Gasteiger partial charge in [-0.25, -0.2) is 9.18 Å². The minimum atomic E-state index is -0.649. The molecule has 4 aromatic rings. The Bertz CT molecular complexity index is 1300.